The van der Waals surface area contributed by atoms with Crippen molar-refractivity contribution >= 4 is 33.3 Å². The summed E-state index contributed by atoms with van der Waals surface area (Å²) in [7, 11) is 0. The number of rotatable bonds is 4. The van der Waals surface area contributed by atoms with E-state index in [2.05, 4.69) is 41.5 Å². The number of fused-ring (bicyclic) bond motifs is 2. The van der Waals surface area contributed by atoms with Gasteiger partial charge in [-0.25, -0.2) is 19.7 Å². The second-order valence-corrected chi connectivity index (χ2v) is 7.74. The lowest BCUT2D eigenvalue weighted by atomic mass is 9.97. The summed E-state index contributed by atoms with van der Waals surface area (Å²) in [6.45, 7) is 0.719. The number of nitrogens with one attached hydrogen (secondary N) is 2. The van der Waals surface area contributed by atoms with Crippen LogP contribution in [0.4, 0.5) is 16.2 Å². The van der Waals surface area contributed by atoms with Crippen molar-refractivity contribution in [1.29, 1.82) is 0 Å². The first-order chi connectivity index (χ1) is 14.1. The number of urea groups is 1. The van der Waals surface area contributed by atoms with Crippen LogP contribution in [0.3, 0.4) is 0 Å². The van der Waals surface area contributed by atoms with E-state index in [1.54, 1.807) is 12.1 Å². The number of carbonyl (C=O) groups is 1. The van der Waals surface area contributed by atoms with Crippen LogP contribution in [0.5, 0.6) is 17.4 Å². The van der Waals surface area contributed by atoms with Gasteiger partial charge >= 0.3 is 6.03 Å². The number of anilines is 2. The number of carbonyl (C=O) groups excluding carboxylic acids is 1. The Morgan fingerprint density at radius 1 is 1.14 bits per heavy atom. The van der Waals surface area contributed by atoms with Gasteiger partial charge in [-0.05, 0) is 47.0 Å². The average Bonchev–Trinajstić information content (AvgIpc) is 3.40. The van der Waals surface area contributed by atoms with E-state index in [0.29, 0.717) is 21.9 Å². The summed E-state index contributed by atoms with van der Waals surface area (Å²) in [5, 5.41) is 5.37. The Labute approximate surface area is 174 Å². The minimum absolute atomic E-state index is 0.112. The second-order valence-electron chi connectivity index (χ2n) is 6.99. The molecule has 8 nitrogen and oxygen atoms in total. The van der Waals surface area contributed by atoms with Gasteiger partial charge in [0.1, 0.15) is 22.4 Å². The van der Waals surface area contributed by atoms with E-state index in [1.165, 1.54) is 18.7 Å². The summed E-state index contributed by atoms with van der Waals surface area (Å²) in [4.78, 5) is 24.3. The lowest BCUT2D eigenvalue weighted by molar-refractivity contribution is 0.262. The normalized spacial score (nSPS) is 15.3. The first-order valence-corrected chi connectivity index (χ1v) is 9.86. The molecule has 1 aliphatic carbocycles. The molecule has 1 saturated carbocycles. The zero-order valence-corrected chi connectivity index (χ0v) is 16.8. The number of hydrogen-bond donors (Lipinski definition) is 2. The molecule has 9 heteroatoms. The minimum atomic E-state index is -0.426. The second kappa shape index (κ2) is 7.00. The molecule has 2 aromatic heterocycles. The number of hydrogen-bond acceptors (Lipinski definition) is 6. The van der Waals surface area contributed by atoms with Crippen molar-refractivity contribution in [3.8, 4) is 17.4 Å². The Bertz CT molecular complexity index is 1090. The largest absolute Gasteiger partial charge is 0.492 e. The first-order valence-electron chi connectivity index (χ1n) is 9.07. The van der Waals surface area contributed by atoms with Crippen LogP contribution in [-0.2, 0) is 5.41 Å². The number of amides is 2. The van der Waals surface area contributed by atoms with Crippen molar-refractivity contribution in [1.82, 2.24) is 15.0 Å². The van der Waals surface area contributed by atoms with E-state index in [4.69, 9.17) is 9.47 Å². The molecule has 3 heterocycles. The van der Waals surface area contributed by atoms with Crippen LogP contribution >= 0.6 is 15.9 Å². The van der Waals surface area contributed by atoms with Crippen LogP contribution < -0.4 is 20.1 Å². The summed E-state index contributed by atoms with van der Waals surface area (Å²) in [6, 6.07) is 8.85. The van der Waals surface area contributed by atoms with Crippen LogP contribution in [0.15, 0.2) is 53.7 Å². The smallest absolute Gasteiger partial charge is 0.323 e. The SMILES string of the molecule is O=C(Nc1ccc(Oc2cccc3c2C2(CC2)CO3)nc1)Nc1cncnc1Br. The van der Waals surface area contributed by atoms with Gasteiger partial charge < -0.3 is 20.1 Å². The fourth-order valence-electron chi connectivity index (χ4n) is 3.38. The van der Waals surface area contributed by atoms with Crippen LogP contribution in [0.1, 0.15) is 18.4 Å². The van der Waals surface area contributed by atoms with Crippen LogP contribution in [0, 0.1) is 0 Å². The highest BCUT2D eigenvalue weighted by atomic mass is 79.9. The Morgan fingerprint density at radius 3 is 2.79 bits per heavy atom. The molecule has 2 aliphatic rings. The van der Waals surface area contributed by atoms with Gasteiger partial charge in [-0.1, -0.05) is 6.07 Å². The van der Waals surface area contributed by atoms with Crippen molar-refractivity contribution in [2.24, 2.45) is 0 Å². The molecule has 2 amide bonds. The van der Waals surface area contributed by atoms with E-state index >= 15 is 0 Å². The van der Waals surface area contributed by atoms with Gasteiger partial charge in [0.25, 0.3) is 0 Å². The first kappa shape index (κ1) is 17.9. The maximum absolute atomic E-state index is 12.1. The van der Waals surface area contributed by atoms with E-state index in [0.717, 1.165) is 36.5 Å². The predicted octanol–water partition coefficient (Wildman–Crippen LogP) is 4.49. The molecule has 0 unspecified atom stereocenters. The Balaban J connectivity index is 1.27. The molecule has 1 fully saturated rings. The molecular weight excluding hydrogens is 438 g/mol. The lowest BCUT2D eigenvalue weighted by Crippen LogP contribution is -2.20. The van der Waals surface area contributed by atoms with E-state index in [-0.39, 0.29) is 5.41 Å². The highest BCUT2D eigenvalue weighted by Crippen LogP contribution is 2.58. The van der Waals surface area contributed by atoms with Crippen molar-refractivity contribution < 1.29 is 14.3 Å². The van der Waals surface area contributed by atoms with Gasteiger partial charge in [0.05, 0.1) is 30.4 Å². The molecule has 2 N–H and O–H groups in total. The molecule has 29 heavy (non-hydrogen) atoms. The third kappa shape index (κ3) is 3.49. The molecule has 0 bridgehead atoms. The lowest BCUT2D eigenvalue weighted by Gasteiger charge is -2.12. The maximum atomic E-state index is 12.1. The molecule has 1 spiro atoms. The van der Waals surface area contributed by atoms with Gasteiger partial charge in [-0.15, -0.1) is 0 Å². The number of nitrogens with zero attached hydrogens (tertiary/aromatic N) is 3. The van der Waals surface area contributed by atoms with Crippen LogP contribution in [-0.4, -0.2) is 27.6 Å². The van der Waals surface area contributed by atoms with E-state index in [1.807, 2.05) is 18.2 Å². The molecular formula is C20H16BrN5O3. The number of aromatic nitrogens is 3. The Hall–Kier alpha value is -3.20. The molecule has 0 saturated heterocycles. The molecule has 1 aliphatic heterocycles. The maximum Gasteiger partial charge on any atom is 0.323 e. The quantitative estimate of drug-likeness (QED) is 0.564. The summed E-state index contributed by atoms with van der Waals surface area (Å²) in [5.74, 6) is 2.12. The summed E-state index contributed by atoms with van der Waals surface area (Å²) in [6.07, 6.45) is 6.66. The van der Waals surface area contributed by atoms with Gasteiger partial charge in [0, 0.05) is 17.0 Å². The number of pyridine rings is 1. The fourth-order valence-corrected chi connectivity index (χ4v) is 3.68. The Morgan fingerprint density at radius 2 is 2.03 bits per heavy atom. The third-order valence-corrected chi connectivity index (χ3v) is 5.63. The number of halogens is 1. The van der Waals surface area contributed by atoms with E-state index in [9.17, 15) is 4.79 Å². The monoisotopic (exact) mass is 453 g/mol. The van der Waals surface area contributed by atoms with Crippen molar-refractivity contribution in [2.75, 3.05) is 17.2 Å². The van der Waals surface area contributed by atoms with Gasteiger partial charge in [-0.2, -0.15) is 0 Å². The number of ether oxygens (including phenoxy) is 2. The summed E-state index contributed by atoms with van der Waals surface area (Å²) in [5.41, 5.74) is 2.25. The van der Waals surface area contributed by atoms with Gasteiger partial charge in [0.2, 0.25) is 5.88 Å². The molecule has 3 aromatic rings. The van der Waals surface area contributed by atoms with Gasteiger partial charge in [0.15, 0.2) is 0 Å². The Kier molecular flexibility index (Phi) is 4.31. The molecule has 0 atom stereocenters. The topological polar surface area (TPSA) is 98.3 Å². The summed E-state index contributed by atoms with van der Waals surface area (Å²) >= 11 is 3.25. The molecule has 1 aromatic carbocycles. The zero-order chi connectivity index (χ0) is 19.8. The molecule has 146 valence electrons. The molecule has 0 radical (unpaired) electrons. The summed E-state index contributed by atoms with van der Waals surface area (Å²) < 4.78 is 12.3. The zero-order valence-electron chi connectivity index (χ0n) is 15.2. The van der Waals surface area contributed by atoms with E-state index < -0.39 is 6.03 Å². The fraction of sp³-hybridized carbons (Fsp3) is 0.200. The highest BCUT2D eigenvalue weighted by molar-refractivity contribution is 9.10. The predicted molar refractivity (Wildman–Crippen MR) is 110 cm³/mol. The van der Waals surface area contributed by atoms with Gasteiger partial charge in [-0.3, -0.25) is 0 Å². The molecule has 5 rings (SSSR count). The highest BCUT2D eigenvalue weighted by Gasteiger charge is 2.52. The minimum Gasteiger partial charge on any atom is -0.492 e. The van der Waals surface area contributed by atoms with Crippen molar-refractivity contribution in [2.45, 2.75) is 18.3 Å². The standard InChI is InChI=1S/C20H16BrN5O3/c21-18-13(9-22-11-24-18)26-19(27)25-12-4-5-16(23-8-12)29-15-3-1-2-14-17(15)20(6-7-20)10-28-14/h1-5,8-9,11H,6-7,10H2,(H2,25,26,27). The van der Waals surface area contributed by atoms with Crippen molar-refractivity contribution in [3.05, 3.63) is 59.2 Å². The average molecular weight is 454 g/mol. The van der Waals surface area contributed by atoms with Crippen molar-refractivity contribution in [3.63, 3.8) is 0 Å². The van der Waals surface area contributed by atoms with Crippen LogP contribution in [0.2, 0.25) is 0 Å². The third-order valence-electron chi connectivity index (χ3n) is 5.00. The number of benzene rings is 1. The van der Waals surface area contributed by atoms with Crippen LogP contribution in [0.25, 0.3) is 0 Å².